The number of ether oxygens (including phenoxy) is 2. The average molecular weight is 410 g/mol. The highest BCUT2D eigenvalue weighted by molar-refractivity contribution is 7.54. The van der Waals surface area contributed by atoms with E-state index in [2.05, 4.69) is 0 Å². The summed E-state index contributed by atoms with van der Waals surface area (Å²) >= 11 is 0. The summed E-state index contributed by atoms with van der Waals surface area (Å²) in [5, 5.41) is 0. The van der Waals surface area contributed by atoms with E-state index in [1.165, 1.54) is 26.0 Å². The van der Waals surface area contributed by atoms with Gasteiger partial charge in [-0.2, -0.15) is 13.2 Å². The Labute approximate surface area is 155 Å². The quantitative estimate of drug-likeness (QED) is 0.521. The molecule has 152 valence electrons. The molecule has 0 bridgehead atoms. The Balaban J connectivity index is 1.97. The van der Waals surface area contributed by atoms with E-state index in [9.17, 15) is 22.5 Å². The second kappa shape index (κ2) is 7.81. The molecule has 0 N–H and O–H groups in total. The third-order valence-corrected chi connectivity index (χ3v) is 5.78. The maximum Gasteiger partial charge on any atom is 0.416 e. The lowest BCUT2D eigenvalue weighted by atomic mass is 9.97. The maximum atomic E-state index is 12.7. The van der Waals surface area contributed by atoms with Crippen LogP contribution in [0.3, 0.4) is 0 Å². The minimum Gasteiger partial charge on any atom is -0.479 e. The molecule has 0 aromatic heterocycles. The largest absolute Gasteiger partial charge is 0.479 e. The lowest BCUT2D eigenvalue weighted by Gasteiger charge is -2.36. The number of hydrogen-bond donors (Lipinski definition) is 0. The maximum absolute atomic E-state index is 12.7. The molecule has 0 amide bonds. The summed E-state index contributed by atoms with van der Waals surface area (Å²) in [4.78, 5) is 12.2. The van der Waals surface area contributed by atoms with Gasteiger partial charge in [0.05, 0.1) is 18.8 Å². The summed E-state index contributed by atoms with van der Waals surface area (Å²) in [6.45, 7) is 6.80. The number of benzene rings is 1. The van der Waals surface area contributed by atoms with E-state index in [0.29, 0.717) is 0 Å². The molecule has 6 nitrogen and oxygen atoms in total. The molecule has 1 aromatic carbocycles. The summed E-state index contributed by atoms with van der Waals surface area (Å²) in [7, 11) is -3.64. The van der Waals surface area contributed by atoms with E-state index in [1.807, 2.05) is 13.8 Å². The molecule has 10 heteroatoms. The molecule has 27 heavy (non-hydrogen) atoms. The number of rotatable bonds is 5. The van der Waals surface area contributed by atoms with Gasteiger partial charge in [-0.15, -0.1) is 0 Å². The monoisotopic (exact) mass is 410 g/mol. The summed E-state index contributed by atoms with van der Waals surface area (Å²) < 4.78 is 71.7. The number of halogens is 3. The Hall–Kier alpha value is -1.57. The Kier molecular flexibility index (Phi) is 6.29. The summed E-state index contributed by atoms with van der Waals surface area (Å²) in [5.41, 5.74) is -1.21. The number of carbonyl (C=O) groups is 1. The summed E-state index contributed by atoms with van der Waals surface area (Å²) in [6, 6.07) is 4.13. The third kappa shape index (κ3) is 5.70. The number of hydrogen-bond acceptors (Lipinski definition) is 6. The summed E-state index contributed by atoms with van der Waals surface area (Å²) in [5.74, 6) is -2.21. The Morgan fingerprint density at radius 3 is 2.37 bits per heavy atom. The first-order chi connectivity index (χ1) is 12.3. The van der Waals surface area contributed by atoms with Gasteiger partial charge in [0.25, 0.3) is 0 Å². The van der Waals surface area contributed by atoms with Crippen molar-refractivity contribution in [3.05, 3.63) is 29.8 Å². The third-order valence-electron chi connectivity index (χ3n) is 3.81. The predicted octanol–water partition coefficient (Wildman–Crippen LogP) is 4.63. The van der Waals surface area contributed by atoms with Crippen LogP contribution in [-0.4, -0.2) is 31.1 Å². The number of esters is 1. The van der Waals surface area contributed by atoms with Crippen LogP contribution >= 0.6 is 7.60 Å². The SMILES string of the molecule is CC(Oc1cccc(C(F)(F)F)c1)C(=O)OC(C)P1(=O)OCC(C)(C)CO1. The van der Waals surface area contributed by atoms with Crippen molar-refractivity contribution in [2.75, 3.05) is 13.2 Å². The second-order valence-electron chi connectivity index (χ2n) is 7.07. The van der Waals surface area contributed by atoms with Crippen molar-refractivity contribution in [2.24, 2.45) is 5.41 Å². The molecule has 1 fully saturated rings. The topological polar surface area (TPSA) is 71.1 Å². The second-order valence-corrected chi connectivity index (χ2v) is 9.40. The smallest absolute Gasteiger partial charge is 0.416 e. The van der Waals surface area contributed by atoms with E-state index in [4.69, 9.17) is 18.5 Å². The van der Waals surface area contributed by atoms with Gasteiger partial charge < -0.3 is 18.5 Å². The summed E-state index contributed by atoms with van der Waals surface area (Å²) in [6.07, 6.45) is -5.75. The van der Waals surface area contributed by atoms with E-state index >= 15 is 0 Å². The molecule has 1 aliphatic heterocycles. The highest BCUT2D eigenvalue weighted by Gasteiger charge is 2.43. The zero-order chi connectivity index (χ0) is 20.5. The van der Waals surface area contributed by atoms with E-state index in [0.717, 1.165) is 12.1 Å². The van der Waals surface area contributed by atoms with Crippen LogP contribution in [-0.2, 0) is 29.3 Å². The van der Waals surface area contributed by atoms with Gasteiger partial charge in [-0.25, -0.2) is 4.79 Å². The van der Waals surface area contributed by atoms with Crippen LogP contribution in [0.5, 0.6) is 5.75 Å². The molecule has 2 atom stereocenters. The fourth-order valence-corrected chi connectivity index (χ4v) is 3.93. The van der Waals surface area contributed by atoms with Crippen molar-refractivity contribution in [3.63, 3.8) is 0 Å². The van der Waals surface area contributed by atoms with Crippen molar-refractivity contribution in [1.82, 2.24) is 0 Å². The van der Waals surface area contributed by atoms with Gasteiger partial charge in [0, 0.05) is 5.41 Å². The van der Waals surface area contributed by atoms with Gasteiger partial charge in [0.15, 0.2) is 11.9 Å². The van der Waals surface area contributed by atoms with Gasteiger partial charge in [-0.1, -0.05) is 19.9 Å². The van der Waals surface area contributed by atoms with Gasteiger partial charge >= 0.3 is 19.7 Å². The molecule has 1 aromatic rings. The average Bonchev–Trinajstić information content (AvgIpc) is 2.57. The zero-order valence-electron chi connectivity index (χ0n) is 15.4. The lowest BCUT2D eigenvalue weighted by molar-refractivity contribution is -0.153. The van der Waals surface area contributed by atoms with Crippen molar-refractivity contribution < 1.29 is 41.1 Å². The molecule has 0 saturated carbocycles. The minimum absolute atomic E-state index is 0.138. The zero-order valence-corrected chi connectivity index (χ0v) is 16.3. The van der Waals surface area contributed by atoms with Crippen molar-refractivity contribution >= 4 is 13.6 Å². The fourth-order valence-electron chi connectivity index (χ4n) is 2.14. The van der Waals surface area contributed by atoms with Crippen LogP contribution in [0.4, 0.5) is 13.2 Å². The standard InChI is InChI=1S/C17H22F3O6P/c1-11(25-14-7-5-6-13(8-14)17(18,19)20)15(21)26-12(2)27(22)23-9-16(3,4)10-24-27/h5-8,11-12H,9-10H2,1-4H3. The van der Waals surface area contributed by atoms with Crippen LogP contribution in [0, 0.1) is 5.41 Å². The van der Waals surface area contributed by atoms with Crippen LogP contribution in [0.2, 0.25) is 0 Å². The van der Waals surface area contributed by atoms with Gasteiger partial charge in [0.1, 0.15) is 5.75 Å². The molecule has 1 aliphatic rings. The minimum atomic E-state index is -4.53. The molecule has 0 radical (unpaired) electrons. The number of alkyl halides is 3. The first-order valence-corrected chi connectivity index (χ1v) is 9.87. The van der Waals surface area contributed by atoms with E-state index < -0.39 is 37.3 Å². The highest BCUT2D eigenvalue weighted by atomic mass is 31.2. The molecule has 0 aliphatic carbocycles. The molecular weight excluding hydrogens is 388 g/mol. The Morgan fingerprint density at radius 2 is 1.81 bits per heavy atom. The molecule has 0 spiro atoms. The lowest BCUT2D eigenvalue weighted by Crippen LogP contribution is -2.34. The highest BCUT2D eigenvalue weighted by Crippen LogP contribution is 2.57. The first-order valence-electron chi connectivity index (χ1n) is 8.26. The molecule has 1 saturated heterocycles. The molecule has 1 heterocycles. The van der Waals surface area contributed by atoms with Crippen molar-refractivity contribution in [1.29, 1.82) is 0 Å². The fraction of sp³-hybridized carbons (Fsp3) is 0.588. The predicted molar refractivity (Wildman–Crippen MR) is 90.4 cm³/mol. The Morgan fingerprint density at radius 1 is 1.22 bits per heavy atom. The molecule has 2 rings (SSSR count). The van der Waals surface area contributed by atoms with Crippen LogP contribution in [0.1, 0.15) is 33.3 Å². The van der Waals surface area contributed by atoms with Crippen molar-refractivity contribution in [2.45, 2.75) is 45.8 Å². The normalized spacial score (nSPS) is 21.1. The first kappa shape index (κ1) is 21.7. The van der Waals surface area contributed by atoms with Crippen molar-refractivity contribution in [3.8, 4) is 5.75 Å². The van der Waals surface area contributed by atoms with E-state index in [-0.39, 0.29) is 24.4 Å². The van der Waals surface area contributed by atoms with E-state index in [1.54, 1.807) is 0 Å². The molecular formula is C17H22F3O6P. The van der Waals surface area contributed by atoms with Gasteiger partial charge in [-0.3, -0.25) is 4.57 Å². The van der Waals surface area contributed by atoms with Crippen LogP contribution in [0.25, 0.3) is 0 Å². The van der Waals surface area contributed by atoms with Gasteiger partial charge in [0.2, 0.25) is 0 Å². The Bertz CT molecular complexity index is 720. The van der Waals surface area contributed by atoms with Crippen LogP contribution in [0.15, 0.2) is 24.3 Å². The number of carbonyl (C=O) groups excluding carboxylic acids is 1. The van der Waals surface area contributed by atoms with Gasteiger partial charge in [-0.05, 0) is 32.0 Å². The van der Waals surface area contributed by atoms with Crippen LogP contribution < -0.4 is 4.74 Å². The molecule has 2 unspecified atom stereocenters.